The van der Waals surface area contributed by atoms with Gasteiger partial charge in [-0.15, -0.1) is 12.6 Å². The Morgan fingerprint density at radius 2 is 1.73 bits per heavy atom. The van der Waals surface area contributed by atoms with Gasteiger partial charge in [0.1, 0.15) is 6.04 Å². The molecule has 0 bridgehead atoms. The fourth-order valence-electron chi connectivity index (χ4n) is 3.14. The van der Waals surface area contributed by atoms with Crippen molar-refractivity contribution < 1.29 is 19.1 Å². The second kappa shape index (κ2) is 11.6. The van der Waals surface area contributed by atoms with E-state index in [4.69, 9.17) is 9.47 Å². The van der Waals surface area contributed by atoms with Gasteiger partial charge in [0.05, 0.1) is 34.4 Å². The van der Waals surface area contributed by atoms with Crippen LogP contribution in [-0.2, 0) is 20.7 Å². The van der Waals surface area contributed by atoms with E-state index in [2.05, 4.69) is 17.6 Å². The van der Waals surface area contributed by atoms with E-state index in [1.165, 1.54) is 10.8 Å². The number of esters is 2. The Morgan fingerprint density at radius 3 is 2.36 bits per heavy atom. The molecule has 172 valence electrons. The molecule has 0 N–H and O–H groups in total. The van der Waals surface area contributed by atoms with Crippen molar-refractivity contribution >= 4 is 47.8 Å². The van der Waals surface area contributed by atoms with Gasteiger partial charge in [-0.2, -0.15) is 0 Å². The maximum Gasteiger partial charge on any atom is 0.338 e. The summed E-state index contributed by atoms with van der Waals surface area (Å²) < 4.78 is 11.5. The van der Waals surface area contributed by atoms with E-state index in [1.807, 2.05) is 30.3 Å². The molecule has 7 nitrogen and oxygen atoms in total. The Hall–Kier alpha value is -3.17. The highest BCUT2D eigenvalue weighted by molar-refractivity contribution is 7.80. The van der Waals surface area contributed by atoms with Crippen LogP contribution in [0.5, 0.6) is 0 Å². The number of nitrogens with zero attached hydrogens (tertiary/aromatic N) is 2. The summed E-state index contributed by atoms with van der Waals surface area (Å²) in [4.78, 5) is 41.8. The van der Waals surface area contributed by atoms with Crippen molar-refractivity contribution in [2.24, 2.45) is 4.99 Å². The zero-order valence-corrected chi connectivity index (χ0v) is 20.0. The molecule has 0 aliphatic carbocycles. The van der Waals surface area contributed by atoms with Crippen molar-refractivity contribution in [2.45, 2.75) is 31.3 Å². The number of hydrogen-bond acceptors (Lipinski definition) is 8. The number of hydrogen-bond donors (Lipinski definition) is 1. The maximum atomic E-state index is 12.8. The van der Waals surface area contributed by atoms with E-state index in [1.54, 1.807) is 38.1 Å². The second-order valence-corrected chi connectivity index (χ2v) is 8.33. The van der Waals surface area contributed by atoms with Crippen LogP contribution in [0.2, 0.25) is 0 Å². The van der Waals surface area contributed by atoms with Gasteiger partial charge in [0.2, 0.25) is 0 Å². The SMILES string of the molecule is CCOC(=O)c1ccc(N=Cc2sc(=O)n(C(Cc3ccccc3)C(=O)OCC)c2S)cc1. The summed E-state index contributed by atoms with van der Waals surface area (Å²) in [5, 5.41) is 0.339. The lowest BCUT2D eigenvalue weighted by molar-refractivity contribution is -0.147. The van der Waals surface area contributed by atoms with Gasteiger partial charge in [-0.25, -0.2) is 9.59 Å². The molecule has 0 spiro atoms. The minimum absolute atomic E-state index is 0.209. The first-order valence-corrected chi connectivity index (χ1v) is 11.7. The molecular weight excluding hydrogens is 460 g/mol. The summed E-state index contributed by atoms with van der Waals surface area (Å²) in [6.07, 6.45) is 1.82. The minimum atomic E-state index is -0.838. The van der Waals surface area contributed by atoms with Crippen LogP contribution in [0.3, 0.4) is 0 Å². The third kappa shape index (κ3) is 6.21. The highest BCUT2D eigenvalue weighted by Crippen LogP contribution is 2.24. The number of rotatable bonds is 9. The molecule has 0 saturated heterocycles. The molecule has 0 amide bonds. The predicted octanol–water partition coefficient (Wildman–Crippen LogP) is 4.47. The van der Waals surface area contributed by atoms with Crippen LogP contribution in [0.25, 0.3) is 0 Å². The highest BCUT2D eigenvalue weighted by Gasteiger charge is 2.27. The quantitative estimate of drug-likeness (QED) is 0.275. The van der Waals surface area contributed by atoms with Crippen molar-refractivity contribution in [3.05, 3.63) is 80.3 Å². The third-order valence-electron chi connectivity index (χ3n) is 4.69. The molecule has 1 atom stereocenters. The van der Waals surface area contributed by atoms with Gasteiger partial charge in [0.25, 0.3) is 0 Å². The molecule has 3 aromatic rings. The molecule has 0 aliphatic rings. The lowest BCUT2D eigenvalue weighted by Gasteiger charge is -2.18. The first kappa shape index (κ1) is 24.5. The standard InChI is InChI=1S/C24H24N2O5S2/c1-3-30-22(27)17-10-12-18(13-11-17)25-15-20-21(32)26(24(29)33-20)19(23(28)31-4-2)14-16-8-6-5-7-9-16/h5-13,15,19,32H,3-4,14H2,1-2H3. The molecule has 1 aromatic heterocycles. The molecule has 9 heteroatoms. The van der Waals surface area contributed by atoms with Crippen LogP contribution in [-0.4, -0.2) is 35.9 Å². The maximum absolute atomic E-state index is 12.8. The number of ether oxygens (including phenoxy) is 2. The number of thiol groups is 1. The molecule has 2 aromatic carbocycles. The number of benzene rings is 2. The molecule has 1 heterocycles. The lowest BCUT2D eigenvalue weighted by atomic mass is 10.1. The highest BCUT2D eigenvalue weighted by atomic mass is 32.1. The van der Waals surface area contributed by atoms with E-state index in [0.29, 0.717) is 34.2 Å². The number of aromatic nitrogens is 1. The Kier molecular flexibility index (Phi) is 8.62. The summed E-state index contributed by atoms with van der Waals surface area (Å²) in [6.45, 7) is 3.98. The van der Waals surface area contributed by atoms with Crippen LogP contribution < -0.4 is 4.87 Å². The molecule has 0 radical (unpaired) electrons. The molecular formula is C24H24N2O5S2. The molecule has 1 unspecified atom stereocenters. The zero-order valence-electron chi connectivity index (χ0n) is 18.3. The fraction of sp³-hybridized carbons (Fsp3) is 0.250. The van der Waals surface area contributed by atoms with Crippen molar-refractivity contribution in [1.82, 2.24) is 4.57 Å². The van der Waals surface area contributed by atoms with Crippen molar-refractivity contribution in [3.63, 3.8) is 0 Å². The van der Waals surface area contributed by atoms with E-state index >= 15 is 0 Å². The third-order valence-corrected chi connectivity index (χ3v) is 6.19. The average Bonchev–Trinajstić information content (AvgIpc) is 3.10. The summed E-state index contributed by atoms with van der Waals surface area (Å²) in [5.41, 5.74) is 1.92. The minimum Gasteiger partial charge on any atom is -0.464 e. The van der Waals surface area contributed by atoms with Gasteiger partial charge in [-0.05, 0) is 43.7 Å². The summed E-state index contributed by atoms with van der Waals surface area (Å²) in [5.74, 6) is -0.890. The van der Waals surface area contributed by atoms with Gasteiger partial charge in [-0.3, -0.25) is 14.4 Å². The number of carbonyl (C=O) groups is 2. The van der Waals surface area contributed by atoms with Gasteiger partial charge >= 0.3 is 16.8 Å². The largest absolute Gasteiger partial charge is 0.464 e. The molecule has 0 saturated carbocycles. The number of aliphatic imine (C=N–C) groups is 1. The van der Waals surface area contributed by atoms with Crippen LogP contribution in [0.4, 0.5) is 5.69 Å². The summed E-state index contributed by atoms with van der Waals surface area (Å²) >= 11 is 5.48. The number of carbonyl (C=O) groups excluding carboxylic acids is 2. The first-order valence-electron chi connectivity index (χ1n) is 10.4. The Balaban J connectivity index is 1.87. The molecule has 33 heavy (non-hydrogen) atoms. The second-order valence-electron chi connectivity index (χ2n) is 6.91. The van der Waals surface area contributed by atoms with E-state index in [0.717, 1.165) is 16.9 Å². The molecule has 0 fully saturated rings. The Bertz CT molecular complexity index is 1180. The van der Waals surface area contributed by atoms with E-state index in [-0.39, 0.29) is 11.5 Å². The van der Waals surface area contributed by atoms with Gasteiger partial charge in [0, 0.05) is 12.6 Å². The van der Waals surface area contributed by atoms with E-state index < -0.39 is 18.0 Å². The van der Waals surface area contributed by atoms with Gasteiger partial charge < -0.3 is 9.47 Å². The van der Waals surface area contributed by atoms with Crippen LogP contribution in [0.15, 0.2) is 69.4 Å². The van der Waals surface area contributed by atoms with Gasteiger partial charge in [-0.1, -0.05) is 41.7 Å². The van der Waals surface area contributed by atoms with Crippen molar-refractivity contribution in [3.8, 4) is 0 Å². The van der Waals surface area contributed by atoms with Crippen LogP contribution in [0.1, 0.15) is 40.7 Å². The normalized spacial score (nSPS) is 12.0. The van der Waals surface area contributed by atoms with Crippen LogP contribution in [0, 0.1) is 0 Å². The summed E-state index contributed by atoms with van der Waals surface area (Å²) in [7, 11) is 0. The van der Waals surface area contributed by atoms with Crippen molar-refractivity contribution in [1.29, 1.82) is 0 Å². The van der Waals surface area contributed by atoms with Gasteiger partial charge in [0.15, 0.2) is 0 Å². The Morgan fingerprint density at radius 1 is 1.06 bits per heavy atom. The van der Waals surface area contributed by atoms with E-state index in [9.17, 15) is 14.4 Å². The molecule has 3 rings (SSSR count). The summed E-state index contributed by atoms with van der Waals surface area (Å²) in [6, 6.07) is 15.2. The average molecular weight is 485 g/mol. The lowest BCUT2D eigenvalue weighted by Crippen LogP contribution is -2.30. The topological polar surface area (TPSA) is 87.0 Å². The Labute approximate surface area is 201 Å². The number of thiazole rings is 1. The van der Waals surface area contributed by atoms with Crippen molar-refractivity contribution in [2.75, 3.05) is 13.2 Å². The monoisotopic (exact) mass is 484 g/mol. The fourth-order valence-corrected chi connectivity index (χ4v) is 4.43. The zero-order chi connectivity index (χ0) is 23.8. The smallest absolute Gasteiger partial charge is 0.338 e. The molecule has 0 aliphatic heterocycles. The predicted molar refractivity (Wildman–Crippen MR) is 131 cm³/mol. The first-order chi connectivity index (χ1) is 15.9. The van der Waals surface area contributed by atoms with Crippen LogP contribution >= 0.6 is 24.0 Å².